The molecule has 0 fully saturated rings. The van der Waals surface area contributed by atoms with Gasteiger partial charge in [0.15, 0.2) is 0 Å². The van der Waals surface area contributed by atoms with Gasteiger partial charge in [0.05, 0.1) is 5.02 Å². The lowest BCUT2D eigenvalue weighted by Crippen LogP contribution is -2.25. The molecule has 0 saturated heterocycles. The molecule has 0 aliphatic rings. The maximum atomic E-state index is 13.9. The van der Waals surface area contributed by atoms with Crippen LogP contribution >= 0.6 is 23.2 Å². The smallest absolute Gasteiger partial charge is 0.146 e. The number of halogens is 3. The van der Waals surface area contributed by atoms with E-state index in [9.17, 15) is 4.39 Å². The Bertz CT molecular complexity index is 596. The van der Waals surface area contributed by atoms with E-state index in [4.69, 9.17) is 23.2 Å². The van der Waals surface area contributed by atoms with Crippen molar-refractivity contribution < 1.29 is 4.39 Å². The lowest BCUT2D eigenvalue weighted by Gasteiger charge is -2.23. The van der Waals surface area contributed by atoms with E-state index < -0.39 is 0 Å². The van der Waals surface area contributed by atoms with E-state index in [0.717, 1.165) is 5.56 Å². The van der Waals surface area contributed by atoms with E-state index in [0.29, 0.717) is 23.0 Å². The minimum Gasteiger partial charge on any atom is -0.306 e. The number of benzene rings is 2. The van der Waals surface area contributed by atoms with Gasteiger partial charge in [-0.15, -0.1) is 0 Å². The van der Waals surface area contributed by atoms with Crippen LogP contribution in [0.1, 0.15) is 31.0 Å². The summed E-state index contributed by atoms with van der Waals surface area (Å²) in [6, 6.07) is 12.9. The van der Waals surface area contributed by atoms with Gasteiger partial charge in [-0.2, -0.15) is 0 Å². The first-order valence-electron chi connectivity index (χ1n) is 6.90. The van der Waals surface area contributed by atoms with Gasteiger partial charge in [-0.3, -0.25) is 0 Å². The minimum absolute atomic E-state index is 0.126. The first-order valence-corrected chi connectivity index (χ1v) is 7.66. The summed E-state index contributed by atoms with van der Waals surface area (Å²) in [6.07, 6.45) is 0. The fraction of sp³-hybridized carbons (Fsp3) is 0.294. The molecule has 1 atom stereocenters. The highest BCUT2D eigenvalue weighted by molar-refractivity contribution is 6.31. The monoisotopic (exact) mass is 325 g/mol. The third-order valence-electron chi connectivity index (χ3n) is 3.44. The second-order valence-electron chi connectivity index (χ2n) is 5.37. The van der Waals surface area contributed by atoms with Gasteiger partial charge in [0.2, 0.25) is 0 Å². The van der Waals surface area contributed by atoms with Gasteiger partial charge in [0.25, 0.3) is 0 Å². The first-order chi connectivity index (χ1) is 9.99. The summed E-state index contributed by atoms with van der Waals surface area (Å²) in [6.45, 7) is 4.68. The van der Waals surface area contributed by atoms with Crippen LogP contribution in [0.25, 0.3) is 0 Å². The van der Waals surface area contributed by atoms with Gasteiger partial charge >= 0.3 is 0 Å². The molecule has 0 spiro atoms. The van der Waals surface area contributed by atoms with Crippen LogP contribution in [0.3, 0.4) is 0 Å². The molecule has 2 aromatic carbocycles. The zero-order valence-corrected chi connectivity index (χ0v) is 13.5. The van der Waals surface area contributed by atoms with Crippen molar-refractivity contribution in [3.63, 3.8) is 0 Å². The Kier molecular flexibility index (Phi) is 5.63. The molecule has 1 N–H and O–H groups in total. The van der Waals surface area contributed by atoms with Gasteiger partial charge in [-0.1, -0.05) is 61.3 Å². The van der Waals surface area contributed by atoms with E-state index in [-0.39, 0.29) is 16.9 Å². The summed E-state index contributed by atoms with van der Waals surface area (Å²) < 4.78 is 13.9. The van der Waals surface area contributed by atoms with Gasteiger partial charge in [0.1, 0.15) is 5.82 Å². The van der Waals surface area contributed by atoms with Crippen molar-refractivity contribution >= 4 is 23.2 Å². The Balaban J connectivity index is 2.14. The van der Waals surface area contributed by atoms with Crippen molar-refractivity contribution in [1.29, 1.82) is 0 Å². The van der Waals surface area contributed by atoms with E-state index in [2.05, 4.69) is 19.2 Å². The molecule has 0 aromatic heterocycles. The SMILES string of the molecule is CC(C)C(NCc1cccc(Cl)c1F)c1ccc(Cl)cc1. The summed E-state index contributed by atoms with van der Waals surface area (Å²) in [4.78, 5) is 0. The van der Waals surface area contributed by atoms with Gasteiger partial charge in [-0.25, -0.2) is 4.39 Å². The molecule has 1 nitrogen and oxygen atoms in total. The summed E-state index contributed by atoms with van der Waals surface area (Å²) in [5.74, 6) is 0.0127. The van der Waals surface area contributed by atoms with Crippen molar-refractivity contribution in [2.24, 2.45) is 5.92 Å². The molecule has 0 bridgehead atoms. The highest BCUT2D eigenvalue weighted by Crippen LogP contribution is 2.25. The Labute approximate surface area is 135 Å². The molecule has 0 saturated carbocycles. The normalized spacial score (nSPS) is 12.7. The summed E-state index contributed by atoms with van der Waals surface area (Å²) >= 11 is 11.7. The fourth-order valence-corrected chi connectivity index (χ4v) is 2.63. The average molecular weight is 326 g/mol. The number of rotatable bonds is 5. The molecule has 2 aromatic rings. The number of hydrogen-bond donors (Lipinski definition) is 1. The van der Waals surface area contributed by atoms with Crippen molar-refractivity contribution in [3.8, 4) is 0 Å². The van der Waals surface area contributed by atoms with Crippen molar-refractivity contribution in [3.05, 3.63) is 69.5 Å². The molecule has 0 heterocycles. The molecule has 4 heteroatoms. The van der Waals surface area contributed by atoms with Gasteiger partial charge in [0, 0.05) is 23.2 Å². The van der Waals surface area contributed by atoms with Gasteiger partial charge < -0.3 is 5.32 Å². The highest BCUT2D eigenvalue weighted by Gasteiger charge is 2.16. The molecule has 112 valence electrons. The molecule has 0 aliphatic heterocycles. The first kappa shape index (κ1) is 16.3. The molecule has 2 rings (SSSR count). The second kappa shape index (κ2) is 7.26. The van der Waals surface area contributed by atoms with Crippen LogP contribution in [-0.4, -0.2) is 0 Å². The Morgan fingerprint density at radius 2 is 1.71 bits per heavy atom. The van der Waals surface area contributed by atoms with E-state index in [1.165, 1.54) is 0 Å². The van der Waals surface area contributed by atoms with Crippen LogP contribution < -0.4 is 5.32 Å². The maximum Gasteiger partial charge on any atom is 0.146 e. The maximum absolute atomic E-state index is 13.9. The molecular weight excluding hydrogens is 308 g/mol. The molecule has 0 amide bonds. The zero-order valence-electron chi connectivity index (χ0n) is 12.0. The Morgan fingerprint density at radius 1 is 1.05 bits per heavy atom. The Hall–Kier alpha value is -1.09. The lowest BCUT2D eigenvalue weighted by atomic mass is 9.96. The van der Waals surface area contributed by atoms with Crippen molar-refractivity contribution in [2.45, 2.75) is 26.4 Å². The topological polar surface area (TPSA) is 12.0 Å². The van der Waals surface area contributed by atoms with Crippen LogP contribution in [0.5, 0.6) is 0 Å². The van der Waals surface area contributed by atoms with Crippen LogP contribution in [-0.2, 0) is 6.54 Å². The van der Waals surface area contributed by atoms with Crippen molar-refractivity contribution in [1.82, 2.24) is 5.32 Å². The minimum atomic E-state index is -0.356. The molecular formula is C17H18Cl2FN. The highest BCUT2D eigenvalue weighted by atomic mass is 35.5. The third kappa shape index (κ3) is 4.19. The standard InChI is InChI=1S/C17H18Cl2FN/c1-11(2)17(12-6-8-14(18)9-7-12)21-10-13-4-3-5-15(19)16(13)20/h3-9,11,17,21H,10H2,1-2H3. The molecule has 0 radical (unpaired) electrons. The predicted octanol–water partition coefficient (Wildman–Crippen LogP) is 5.62. The van der Waals surface area contributed by atoms with Crippen LogP contribution in [0.15, 0.2) is 42.5 Å². The molecule has 0 aliphatic carbocycles. The summed E-state index contributed by atoms with van der Waals surface area (Å²) in [5.41, 5.74) is 1.71. The van der Waals surface area contributed by atoms with Crippen LogP contribution in [0, 0.1) is 11.7 Å². The van der Waals surface area contributed by atoms with E-state index >= 15 is 0 Å². The third-order valence-corrected chi connectivity index (χ3v) is 3.98. The van der Waals surface area contributed by atoms with Gasteiger partial charge in [-0.05, 0) is 29.7 Å². The number of nitrogens with one attached hydrogen (secondary N) is 1. The number of hydrogen-bond acceptors (Lipinski definition) is 1. The van der Waals surface area contributed by atoms with E-state index in [1.54, 1.807) is 18.2 Å². The van der Waals surface area contributed by atoms with Crippen LogP contribution in [0.4, 0.5) is 4.39 Å². The largest absolute Gasteiger partial charge is 0.306 e. The fourth-order valence-electron chi connectivity index (χ4n) is 2.31. The Morgan fingerprint density at radius 3 is 2.33 bits per heavy atom. The summed E-state index contributed by atoms with van der Waals surface area (Å²) in [5, 5.41) is 4.26. The van der Waals surface area contributed by atoms with Crippen LogP contribution in [0.2, 0.25) is 10.0 Å². The average Bonchev–Trinajstić information content (AvgIpc) is 2.45. The molecule has 1 unspecified atom stereocenters. The predicted molar refractivity (Wildman–Crippen MR) is 87.3 cm³/mol. The van der Waals surface area contributed by atoms with Crippen molar-refractivity contribution in [2.75, 3.05) is 0 Å². The zero-order chi connectivity index (χ0) is 15.4. The lowest BCUT2D eigenvalue weighted by molar-refractivity contribution is 0.406. The van der Waals surface area contributed by atoms with E-state index in [1.807, 2.05) is 24.3 Å². The molecule has 21 heavy (non-hydrogen) atoms. The quantitative estimate of drug-likeness (QED) is 0.752. The second-order valence-corrected chi connectivity index (χ2v) is 6.21. The summed E-state index contributed by atoms with van der Waals surface area (Å²) in [7, 11) is 0.